The molecule has 2 aliphatic rings. The van der Waals surface area contributed by atoms with Crippen molar-refractivity contribution in [1.82, 2.24) is 10.2 Å². The molecule has 1 unspecified atom stereocenters. The lowest BCUT2D eigenvalue weighted by atomic mass is 10.2. The molecule has 2 fully saturated rings. The summed E-state index contributed by atoms with van der Waals surface area (Å²) in [6.45, 7) is 4.72. The molecule has 2 heterocycles. The third kappa shape index (κ3) is 3.09. The van der Waals surface area contributed by atoms with Crippen molar-refractivity contribution in [1.29, 1.82) is 0 Å². The molecule has 4 nitrogen and oxygen atoms in total. The molecule has 0 spiro atoms. The Bertz CT molecular complexity index is 329. The van der Waals surface area contributed by atoms with E-state index in [1.54, 1.807) is 6.26 Å². The highest BCUT2D eigenvalue weighted by molar-refractivity contribution is 5.00. The van der Waals surface area contributed by atoms with Crippen molar-refractivity contribution in [3.63, 3.8) is 0 Å². The number of nitrogens with one attached hydrogen (secondary N) is 1. The number of furan rings is 1. The zero-order valence-corrected chi connectivity index (χ0v) is 10.1. The molecule has 17 heavy (non-hydrogen) atoms. The molecule has 1 aromatic heterocycles. The fourth-order valence-electron chi connectivity index (χ4n) is 2.38. The summed E-state index contributed by atoms with van der Waals surface area (Å²) in [5.41, 5.74) is 0. The summed E-state index contributed by atoms with van der Waals surface area (Å²) in [5.74, 6) is 1.06. The Kier molecular flexibility index (Phi) is 3.45. The lowest BCUT2D eigenvalue weighted by Crippen LogP contribution is -2.45. The lowest BCUT2D eigenvalue weighted by molar-refractivity contribution is 0.00107. The van der Waals surface area contributed by atoms with Crippen molar-refractivity contribution in [3.8, 4) is 0 Å². The van der Waals surface area contributed by atoms with E-state index >= 15 is 0 Å². The van der Waals surface area contributed by atoms with Crippen LogP contribution in [0, 0.1) is 0 Å². The van der Waals surface area contributed by atoms with Crippen molar-refractivity contribution >= 4 is 0 Å². The molecule has 1 saturated carbocycles. The minimum atomic E-state index is 0.333. The number of ether oxygens (including phenoxy) is 1. The van der Waals surface area contributed by atoms with E-state index < -0.39 is 0 Å². The van der Waals surface area contributed by atoms with E-state index in [0.29, 0.717) is 6.10 Å². The summed E-state index contributed by atoms with van der Waals surface area (Å²) in [4.78, 5) is 2.50. The molecular weight excluding hydrogens is 216 g/mol. The van der Waals surface area contributed by atoms with Crippen LogP contribution in [0.4, 0.5) is 0 Å². The van der Waals surface area contributed by atoms with E-state index in [0.717, 1.165) is 44.6 Å². The molecule has 1 N–H and O–H groups in total. The van der Waals surface area contributed by atoms with Gasteiger partial charge in [-0.15, -0.1) is 0 Å². The smallest absolute Gasteiger partial charge is 0.117 e. The van der Waals surface area contributed by atoms with Crippen molar-refractivity contribution in [2.24, 2.45) is 0 Å². The largest absolute Gasteiger partial charge is 0.468 e. The van der Waals surface area contributed by atoms with E-state index in [9.17, 15) is 0 Å². The molecule has 1 aliphatic heterocycles. The predicted octanol–water partition coefficient (Wildman–Crippen LogP) is 1.23. The topological polar surface area (TPSA) is 37.6 Å². The van der Waals surface area contributed by atoms with E-state index in [-0.39, 0.29) is 0 Å². The van der Waals surface area contributed by atoms with Gasteiger partial charge in [-0.2, -0.15) is 0 Å². The summed E-state index contributed by atoms with van der Waals surface area (Å²) in [7, 11) is 0. The van der Waals surface area contributed by atoms with Gasteiger partial charge in [-0.3, -0.25) is 4.90 Å². The maximum absolute atomic E-state index is 5.77. The average Bonchev–Trinajstić information content (AvgIpc) is 3.09. The van der Waals surface area contributed by atoms with E-state index in [1.165, 1.54) is 12.8 Å². The van der Waals surface area contributed by atoms with Gasteiger partial charge in [0.05, 0.1) is 25.5 Å². The molecule has 4 heteroatoms. The normalized spacial score (nSPS) is 25.4. The Balaban J connectivity index is 1.56. The molecular formula is C13H20N2O2. The molecule has 1 saturated heterocycles. The van der Waals surface area contributed by atoms with Gasteiger partial charge in [0, 0.05) is 25.7 Å². The Morgan fingerprint density at radius 3 is 3.00 bits per heavy atom. The van der Waals surface area contributed by atoms with Crippen molar-refractivity contribution < 1.29 is 9.15 Å². The van der Waals surface area contributed by atoms with Crippen LogP contribution in [-0.4, -0.2) is 43.3 Å². The van der Waals surface area contributed by atoms with Crippen molar-refractivity contribution in [2.75, 3.05) is 26.2 Å². The molecule has 0 aromatic carbocycles. The number of morpholine rings is 1. The third-order valence-corrected chi connectivity index (χ3v) is 3.44. The minimum absolute atomic E-state index is 0.333. The Hall–Kier alpha value is -0.840. The average molecular weight is 236 g/mol. The molecule has 0 bridgehead atoms. The van der Waals surface area contributed by atoms with Gasteiger partial charge in [0.1, 0.15) is 5.76 Å². The highest BCUT2D eigenvalue weighted by Crippen LogP contribution is 2.28. The van der Waals surface area contributed by atoms with Crippen LogP contribution >= 0.6 is 0 Å². The van der Waals surface area contributed by atoms with Gasteiger partial charge in [0.25, 0.3) is 0 Å². The van der Waals surface area contributed by atoms with Crippen molar-refractivity contribution in [2.45, 2.75) is 31.5 Å². The van der Waals surface area contributed by atoms with Gasteiger partial charge >= 0.3 is 0 Å². The first-order chi connectivity index (χ1) is 8.42. The van der Waals surface area contributed by atoms with Crippen LogP contribution in [0.3, 0.4) is 0 Å². The highest BCUT2D eigenvalue weighted by atomic mass is 16.5. The zero-order valence-electron chi connectivity index (χ0n) is 10.1. The monoisotopic (exact) mass is 236 g/mol. The molecule has 3 rings (SSSR count). The fourth-order valence-corrected chi connectivity index (χ4v) is 2.38. The quantitative estimate of drug-likeness (QED) is 0.834. The maximum Gasteiger partial charge on any atom is 0.117 e. The van der Waals surface area contributed by atoms with Gasteiger partial charge < -0.3 is 14.5 Å². The summed E-state index contributed by atoms with van der Waals surface area (Å²) in [5, 5.41) is 3.38. The van der Waals surface area contributed by atoms with Gasteiger partial charge in [0.15, 0.2) is 0 Å². The van der Waals surface area contributed by atoms with Crippen LogP contribution in [0.15, 0.2) is 22.8 Å². The number of rotatable bonds is 5. The van der Waals surface area contributed by atoms with Gasteiger partial charge in [-0.1, -0.05) is 0 Å². The van der Waals surface area contributed by atoms with Crippen LogP contribution < -0.4 is 5.32 Å². The van der Waals surface area contributed by atoms with Crippen LogP contribution in [0.1, 0.15) is 18.6 Å². The van der Waals surface area contributed by atoms with Crippen molar-refractivity contribution in [3.05, 3.63) is 24.2 Å². The first-order valence-electron chi connectivity index (χ1n) is 6.50. The lowest BCUT2D eigenvalue weighted by Gasteiger charge is -2.29. The van der Waals surface area contributed by atoms with Gasteiger partial charge in [0.2, 0.25) is 0 Å². The molecule has 94 valence electrons. The summed E-state index contributed by atoms with van der Waals surface area (Å²) >= 11 is 0. The molecule has 0 radical (unpaired) electrons. The predicted molar refractivity (Wildman–Crippen MR) is 64.7 cm³/mol. The summed E-state index contributed by atoms with van der Waals surface area (Å²) in [6.07, 6.45) is 4.72. The van der Waals surface area contributed by atoms with Crippen LogP contribution in [0.25, 0.3) is 0 Å². The zero-order chi connectivity index (χ0) is 11.5. The standard InChI is InChI=1S/C13H20N2O2/c1-2-12(16-6-1)9-15(11-3-4-11)10-13-8-14-5-7-17-13/h1-2,6,11,13-14H,3-5,7-10H2. The second-order valence-corrected chi connectivity index (χ2v) is 4.94. The number of hydrogen-bond donors (Lipinski definition) is 1. The number of hydrogen-bond acceptors (Lipinski definition) is 4. The first kappa shape index (κ1) is 11.3. The molecule has 0 amide bonds. The highest BCUT2D eigenvalue weighted by Gasteiger charge is 2.31. The van der Waals surface area contributed by atoms with E-state index in [1.807, 2.05) is 6.07 Å². The number of nitrogens with zero attached hydrogens (tertiary/aromatic N) is 1. The van der Waals surface area contributed by atoms with Crippen LogP contribution in [-0.2, 0) is 11.3 Å². The van der Waals surface area contributed by atoms with E-state index in [4.69, 9.17) is 9.15 Å². The Labute approximate surface area is 102 Å². The summed E-state index contributed by atoms with van der Waals surface area (Å²) < 4.78 is 11.2. The summed E-state index contributed by atoms with van der Waals surface area (Å²) in [6, 6.07) is 4.75. The molecule has 1 atom stereocenters. The fraction of sp³-hybridized carbons (Fsp3) is 0.692. The Morgan fingerprint density at radius 1 is 1.41 bits per heavy atom. The first-order valence-corrected chi connectivity index (χ1v) is 6.50. The molecule has 1 aliphatic carbocycles. The maximum atomic E-state index is 5.77. The van der Waals surface area contributed by atoms with Gasteiger partial charge in [-0.25, -0.2) is 0 Å². The van der Waals surface area contributed by atoms with Crippen LogP contribution in [0.5, 0.6) is 0 Å². The second kappa shape index (κ2) is 5.21. The second-order valence-electron chi connectivity index (χ2n) is 4.94. The minimum Gasteiger partial charge on any atom is -0.468 e. The van der Waals surface area contributed by atoms with Gasteiger partial charge in [-0.05, 0) is 25.0 Å². The van der Waals surface area contributed by atoms with Crippen LogP contribution in [0.2, 0.25) is 0 Å². The third-order valence-electron chi connectivity index (χ3n) is 3.44. The Morgan fingerprint density at radius 2 is 2.35 bits per heavy atom. The SMILES string of the molecule is c1coc(CN(CC2CNCCO2)C2CC2)c1. The molecule has 1 aromatic rings. The van der Waals surface area contributed by atoms with E-state index in [2.05, 4.69) is 16.3 Å².